The Kier molecular flexibility index (Phi) is 6.48. The average molecular weight is 499 g/mol. The molecule has 1 unspecified atom stereocenters. The molecular formula is C23H19BrN2O4S. The van der Waals surface area contributed by atoms with Crippen molar-refractivity contribution in [3.8, 4) is 11.1 Å². The van der Waals surface area contributed by atoms with E-state index in [4.69, 9.17) is 9.57 Å². The average Bonchev–Trinajstić information content (AvgIpc) is 3.42. The fourth-order valence-electron chi connectivity index (χ4n) is 3.23. The van der Waals surface area contributed by atoms with Gasteiger partial charge < -0.3 is 14.9 Å². The molecule has 4 rings (SSSR count). The molecule has 0 saturated heterocycles. The number of oxime groups is 1. The van der Waals surface area contributed by atoms with E-state index in [1.54, 1.807) is 6.92 Å². The monoisotopic (exact) mass is 498 g/mol. The molecule has 0 aliphatic carbocycles. The van der Waals surface area contributed by atoms with Gasteiger partial charge in [0.25, 0.3) is 5.91 Å². The highest BCUT2D eigenvalue weighted by Gasteiger charge is 2.31. The van der Waals surface area contributed by atoms with Crippen LogP contribution in [-0.2, 0) is 14.4 Å². The Morgan fingerprint density at radius 2 is 1.97 bits per heavy atom. The van der Waals surface area contributed by atoms with Crippen molar-refractivity contribution in [1.29, 1.82) is 0 Å². The van der Waals surface area contributed by atoms with Gasteiger partial charge in [-0.3, -0.25) is 4.79 Å². The van der Waals surface area contributed by atoms with E-state index in [0.717, 1.165) is 21.2 Å². The lowest BCUT2D eigenvalue weighted by Crippen LogP contribution is -2.28. The maximum atomic E-state index is 12.9. The van der Waals surface area contributed by atoms with Gasteiger partial charge >= 0.3 is 5.97 Å². The van der Waals surface area contributed by atoms with Crippen molar-refractivity contribution in [3.63, 3.8) is 0 Å². The second-order valence-electron chi connectivity index (χ2n) is 6.78. The van der Waals surface area contributed by atoms with E-state index in [9.17, 15) is 9.59 Å². The summed E-state index contributed by atoms with van der Waals surface area (Å²) in [7, 11) is 0. The maximum absolute atomic E-state index is 12.9. The number of carbonyl (C=O) groups is 2. The number of halogens is 1. The van der Waals surface area contributed by atoms with Gasteiger partial charge in [-0.2, -0.15) is 0 Å². The first-order valence-electron chi connectivity index (χ1n) is 9.70. The van der Waals surface area contributed by atoms with Crippen LogP contribution in [0.5, 0.6) is 0 Å². The summed E-state index contributed by atoms with van der Waals surface area (Å²) in [5, 5.41) is 9.19. The lowest BCUT2D eigenvalue weighted by molar-refractivity contribution is -0.125. The molecule has 158 valence electrons. The number of benzene rings is 2. The Hall–Kier alpha value is -2.97. The fourth-order valence-corrected chi connectivity index (χ4v) is 4.59. The number of hydrogen-bond donors (Lipinski definition) is 1. The van der Waals surface area contributed by atoms with Crippen molar-refractivity contribution < 1.29 is 19.2 Å². The van der Waals surface area contributed by atoms with Crippen molar-refractivity contribution in [1.82, 2.24) is 0 Å². The molecule has 3 aromatic rings. The molecule has 6 nitrogen and oxygen atoms in total. The third-order valence-corrected chi connectivity index (χ3v) is 6.10. The van der Waals surface area contributed by atoms with Crippen LogP contribution in [0.15, 0.2) is 69.6 Å². The van der Waals surface area contributed by atoms with Crippen LogP contribution in [0.1, 0.15) is 29.3 Å². The van der Waals surface area contributed by atoms with Gasteiger partial charge in [-0.25, -0.2) is 4.79 Å². The van der Waals surface area contributed by atoms with Crippen LogP contribution in [0.2, 0.25) is 0 Å². The molecule has 0 bridgehead atoms. The summed E-state index contributed by atoms with van der Waals surface area (Å²) in [6.45, 7) is 1.99. The lowest BCUT2D eigenvalue weighted by Gasteiger charge is -2.11. The van der Waals surface area contributed by atoms with Crippen LogP contribution >= 0.6 is 27.3 Å². The van der Waals surface area contributed by atoms with Crippen molar-refractivity contribution in [2.75, 3.05) is 11.9 Å². The van der Waals surface area contributed by atoms with Gasteiger partial charge in [0, 0.05) is 27.4 Å². The number of nitrogens with one attached hydrogen (secondary N) is 1. The topological polar surface area (TPSA) is 77.0 Å². The summed E-state index contributed by atoms with van der Waals surface area (Å²) in [4.78, 5) is 30.9. The van der Waals surface area contributed by atoms with Crippen molar-refractivity contribution >= 4 is 49.9 Å². The molecular weight excluding hydrogens is 480 g/mol. The zero-order chi connectivity index (χ0) is 21.8. The van der Waals surface area contributed by atoms with E-state index < -0.39 is 12.1 Å². The molecule has 1 aliphatic heterocycles. The molecule has 2 heterocycles. The molecule has 0 spiro atoms. The zero-order valence-corrected chi connectivity index (χ0v) is 19.0. The smallest absolute Gasteiger partial charge is 0.341 e. The van der Waals surface area contributed by atoms with Crippen LogP contribution in [0.3, 0.4) is 0 Å². The number of hydrogen-bond acceptors (Lipinski definition) is 6. The van der Waals surface area contributed by atoms with Gasteiger partial charge in [0.1, 0.15) is 10.6 Å². The number of nitrogens with zero attached hydrogens (tertiary/aromatic N) is 1. The molecule has 1 aromatic heterocycles. The molecule has 0 saturated carbocycles. The van der Waals surface area contributed by atoms with Crippen molar-refractivity contribution in [2.24, 2.45) is 5.16 Å². The summed E-state index contributed by atoms with van der Waals surface area (Å²) in [5.74, 6) is -0.836. The van der Waals surface area contributed by atoms with E-state index in [0.29, 0.717) is 22.7 Å². The van der Waals surface area contributed by atoms with Gasteiger partial charge in [-0.1, -0.05) is 63.6 Å². The number of amides is 1. The molecule has 1 N–H and O–H groups in total. The molecule has 0 fully saturated rings. The highest BCUT2D eigenvalue weighted by atomic mass is 79.9. The molecule has 1 atom stereocenters. The summed E-state index contributed by atoms with van der Waals surface area (Å²) in [6.07, 6.45) is -0.431. The second-order valence-corrected chi connectivity index (χ2v) is 8.57. The number of anilines is 1. The van der Waals surface area contributed by atoms with Crippen molar-refractivity contribution in [3.05, 3.63) is 75.6 Å². The first-order chi connectivity index (χ1) is 15.1. The number of carbonyl (C=O) groups excluding carboxylic acids is 2. The standard InChI is InChI=1S/C23H19BrN2O4S/c1-2-29-23(28)20-17(14-7-4-3-5-8-14)13-31-22(20)25-21(27)19-12-18(26-30-19)15-9-6-10-16(24)11-15/h3-11,13,19H,2,12H2,1H3,(H,25,27). The summed E-state index contributed by atoms with van der Waals surface area (Å²) < 4.78 is 6.16. The number of esters is 1. The number of ether oxygens (including phenoxy) is 1. The summed E-state index contributed by atoms with van der Waals surface area (Å²) in [5.41, 5.74) is 3.53. The predicted molar refractivity (Wildman–Crippen MR) is 125 cm³/mol. The van der Waals surface area contributed by atoms with Gasteiger partial charge in [0.2, 0.25) is 6.10 Å². The Balaban J connectivity index is 1.53. The molecule has 31 heavy (non-hydrogen) atoms. The predicted octanol–water partition coefficient (Wildman–Crippen LogP) is 5.49. The fraction of sp³-hybridized carbons (Fsp3) is 0.174. The van der Waals surface area contributed by atoms with Crippen LogP contribution in [0.25, 0.3) is 11.1 Å². The summed E-state index contributed by atoms with van der Waals surface area (Å²) in [6, 6.07) is 17.2. The minimum atomic E-state index is -0.772. The normalized spacial score (nSPS) is 15.2. The molecule has 1 amide bonds. The lowest BCUT2D eigenvalue weighted by atomic mass is 10.0. The quantitative estimate of drug-likeness (QED) is 0.456. The highest BCUT2D eigenvalue weighted by molar-refractivity contribution is 9.10. The highest BCUT2D eigenvalue weighted by Crippen LogP contribution is 2.36. The molecule has 0 radical (unpaired) electrons. The van der Waals surface area contributed by atoms with E-state index in [2.05, 4.69) is 26.4 Å². The first-order valence-corrected chi connectivity index (χ1v) is 11.4. The van der Waals surface area contributed by atoms with Crippen LogP contribution in [0, 0.1) is 0 Å². The van der Waals surface area contributed by atoms with E-state index >= 15 is 0 Å². The van der Waals surface area contributed by atoms with Crippen LogP contribution in [0.4, 0.5) is 5.00 Å². The van der Waals surface area contributed by atoms with E-state index in [-0.39, 0.29) is 12.5 Å². The maximum Gasteiger partial charge on any atom is 0.341 e. The molecule has 1 aliphatic rings. The van der Waals surface area contributed by atoms with Gasteiger partial charge in [-0.05, 0) is 24.6 Å². The first kappa shape index (κ1) is 21.3. The second kappa shape index (κ2) is 9.45. The number of rotatable bonds is 6. The Bertz CT molecular complexity index is 1140. The van der Waals surface area contributed by atoms with Crippen LogP contribution < -0.4 is 5.32 Å². The Labute approximate surface area is 192 Å². The Morgan fingerprint density at radius 3 is 2.71 bits per heavy atom. The number of thiophene rings is 1. The van der Waals surface area contributed by atoms with E-state index in [1.807, 2.05) is 60.0 Å². The minimum Gasteiger partial charge on any atom is -0.462 e. The van der Waals surface area contributed by atoms with Crippen LogP contribution in [-0.4, -0.2) is 30.3 Å². The minimum absolute atomic E-state index is 0.242. The molecule has 8 heteroatoms. The SMILES string of the molecule is CCOC(=O)c1c(-c2ccccc2)csc1NC(=O)C1CC(c2cccc(Br)c2)=NO1. The van der Waals surface area contributed by atoms with Gasteiger partial charge in [0.15, 0.2) is 0 Å². The molecule has 2 aromatic carbocycles. The summed E-state index contributed by atoms with van der Waals surface area (Å²) >= 11 is 4.72. The van der Waals surface area contributed by atoms with Gasteiger partial charge in [-0.15, -0.1) is 11.3 Å². The third-order valence-electron chi connectivity index (χ3n) is 4.71. The largest absolute Gasteiger partial charge is 0.462 e. The van der Waals surface area contributed by atoms with Gasteiger partial charge in [0.05, 0.1) is 12.3 Å². The zero-order valence-electron chi connectivity index (χ0n) is 16.6. The van der Waals surface area contributed by atoms with Crippen molar-refractivity contribution in [2.45, 2.75) is 19.4 Å². The Morgan fingerprint density at radius 1 is 1.19 bits per heavy atom. The van der Waals surface area contributed by atoms with E-state index in [1.165, 1.54) is 11.3 Å². The third kappa shape index (κ3) is 4.70.